The average Bonchev–Trinajstić information content (AvgIpc) is 3.52. The molecular weight excluding hydrogens is 409 g/mol. The lowest BCUT2D eigenvalue weighted by Crippen LogP contribution is -2.44. The second-order valence-electron chi connectivity index (χ2n) is 7.91. The van der Waals surface area contributed by atoms with Crippen molar-refractivity contribution in [1.29, 1.82) is 0 Å². The van der Waals surface area contributed by atoms with Gasteiger partial charge in [-0.25, -0.2) is 9.37 Å². The predicted molar refractivity (Wildman–Crippen MR) is 122 cm³/mol. The summed E-state index contributed by atoms with van der Waals surface area (Å²) in [6.45, 7) is 3.54. The fraction of sp³-hybridized carbons (Fsp3) is 0.417. The lowest BCUT2D eigenvalue weighted by molar-refractivity contribution is 0.146. The highest BCUT2D eigenvalue weighted by molar-refractivity contribution is 5.79. The number of hydrogen-bond donors (Lipinski definition) is 2. The third kappa shape index (κ3) is 5.76. The number of furan rings is 1. The molecule has 1 aliphatic heterocycles. The van der Waals surface area contributed by atoms with E-state index in [0.717, 1.165) is 36.1 Å². The highest BCUT2D eigenvalue weighted by Gasteiger charge is 2.24. The van der Waals surface area contributed by atoms with Crippen LogP contribution in [-0.4, -0.2) is 49.1 Å². The molecule has 1 aromatic carbocycles. The zero-order chi connectivity index (χ0) is 22.2. The summed E-state index contributed by atoms with van der Waals surface area (Å²) in [4.78, 5) is 11.3. The third-order valence-corrected chi connectivity index (χ3v) is 5.71. The average molecular weight is 440 g/mol. The van der Waals surface area contributed by atoms with Gasteiger partial charge in [0.15, 0.2) is 5.96 Å². The van der Waals surface area contributed by atoms with Gasteiger partial charge in [0.05, 0.1) is 18.0 Å². The van der Waals surface area contributed by atoms with Crippen LogP contribution in [0.1, 0.15) is 36.8 Å². The minimum Gasteiger partial charge on any atom is -0.468 e. The molecule has 3 aromatic rings. The van der Waals surface area contributed by atoms with Crippen LogP contribution < -0.4 is 10.6 Å². The first-order valence-electron chi connectivity index (χ1n) is 11.2. The van der Waals surface area contributed by atoms with Gasteiger partial charge in [0, 0.05) is 32.1 Å². The Labute approximate surface area is 187 Å². The molecule has 170 valence electrons. The topological polar surface area (TPSA) is 78.8 Å². The number of benzene rings is 1. The van der Waals surface area contributed by atoms with E-state index >= 15 is 0 Å². The minimum atomic E-state index is -0.279. The van der Waals surface area contributed by atoms with Crippen molar-refractivity contribution in [3.63, 3.8) is 0 Å². The molecule has 1 saturated heterocycles. The normalized spacial score (nSPS) is 16.1. The summed E-state index contributed by atoms with van der Waals surface area (Å²) in [6.07, 6.45) is 7.79. The number of nitrogens with one attached hydrogen (secondary N) is 2. The Morgan fingerprint density at radius 2 is 1.94 bits per heavy atom. The van der Waals surface area contributed by atoms with Gasteiger partial charge in [-0.05, 0) is 62.3 Å². The van der Waals surface area contributed by atoms with Crippen LogP contribution in [0.25, 0.3) is 11.5 Å². The smallest absolute Gasteiger partial charge is 0.226 e. The van der Waals surface area contributed by atoms with Crippen molar-refractivity contribution in [2.45, 2.75) is 31.7 Å². The number of oxazole rings is 1. The van der Waals surface area contributed by atoms with E-state index in [1.807, 2.05) is 12.1 Å². The maximum atomic E-state index is 13.1. The van der Waals surface area contributed by atoms with Gasteiger partial charge in [0.25, 0.3) is 0 Å². The first-order valence-corrected chi connectivity index (χ1v) is 11.2. The molecule has 0 saturated carbocycles. The summed E-state index contributed by atoms with van der Waals surface area (Å²) >= 11 is 0. The Bertz CT molecular complexity index is 978. The molecular formula is C24H30FN5O2. The number of guanidine groups is 1. The molecule has 0 radical (unpaired) electrons. The van der Waals surface area contributed by atoms with E-state index in [1.54, 1.807) is 31.7 Å². The van der Waals surface area contributed by atoms with Gasteiger partial charge in [-0.3, -0.25) is 9.89 Å². The SMILES string of the molecule is CN=C(NCCc1coc(-c2ccc(F)cc2)n1)NCC(c1ccco1)N1CCCCC1. The van der Waals surface area contributed by atoms with Crippen LogP contribution in [-0.2, 0) is 6.42 Å². The van der Waals surface area contributed by atoms with Gasteiger partial charge in [0.1, 0.15) is 17.8 Å². The van der Waals surface area contributed by atoms with Crippen LogP contribution in [0, 0.1) is 5.82 Å². The number of aliphatic imine (C=N–C) groups is 1. The van der Waals surface area contributed by atoms with Crippen molar-refractivity contribution in [2.75, 3.05) is 33.2 Å². The van der Waals surface area contributed by atoms with E-state index in [-0.39, 0.29) is 11.9 Å². The molecule has 3 heterocycles. The Morgan fingerprint density at radius 3 is 2.66 bits per heavy atom. The van der Waals surface area contributed by atoms with Crippen LogP contribution in [0.15, 0.2) is 62.8 Å². The molecule has 4 rings (SSSR count). The molecule has 0 amide bonds. The van der Waals surface area contributed by atoms with Gasteiger partial charge in [-0.2, -0.15) is 0 Å². The lowest BCUT2D eigenvalue weighted by atomic mass is 10.1. The van der Waals surface area contributed by atoms with E-state index in [4.69, 9.17) is 8.83 Å². The maximum absolute atomic E-state index is 13.1. The van der Waals surface area contributed by atoms with Gasteiger partial charge >= 0.3 is 0 Å². The zero-order valence-corrected chi connectivity index (χ0v) is 18.4. The zero-order valence-electron chi connectivity index (χ0n) is 18.4. The second kappa shape index (κ2) is 10.9. The van der Waals surface area contributed by atoms with Crippen molar-refractivity contribution in [1.82, 2.24) is 20.5 Å². The number of halogens is 1. The van der Waals surface area contributed by atoms with Crippen molar-refractivity contribution < 1.29 is 13.2 Å². The molecule has 7 nitrogen and oxygen atoms in total. The Kier molecular flexibility index (Phi) is 7.55. The largest absolute Gasteiger partial charge is 0.468 e. The quantitative estimate of drug-likeness (QED) is 0.408. The summed E-state index contributed by atoms with van der Waals surface area (Å²) in [7, 11) is 1.76. The molecule has 8 heteroatoms. The summed E-state index contributed by atoms with van der Waals surface area (Å²) in [5.74, 6) is 1.93. The number of likely N-dealkylation sites (tertiary alicyclic amines) is 1. The molecule has 2 N–H and O–H groups in total. The molecule has 1 fully saturated rings. The van der Waals surface area contributed by atoms with Crippen LogP contribution in [0.2, 0.25) is 0 Å². The van der Waals surface area contributed by atoms with Crippen LogP contribution in [0.3, 0.4) is 0 Å². The van der Waals surface area contributed by atoms with E-state index < -0.39 is 0 Å². The van der Waals surface area contributed by atoms with Crippen LogP contribution in [0.4, 0.5) is 4.39 Å². The lowest BCUT2D eigenvalue weighted by Gasteiger charge is -2.33. The van der Waals surface area contributed by atoms with E-state index in [2.05, 4.69) is 25.5 Å². The molecule has 0 bridgehead atoms. The number of hydrogen-bond acceptors (Lipinski definition) is 5. The van der Waals surface area contributed by atoms with Crippen LogP contribution in [0.5, 0.6) is 0 Å². The molecule has 0 spiro atoms. The van der Waals surface area contributed by atoms with Crippen LogP contribution >= 0.6 is 0 Å². The van der Waals surface area contributed by atoms with Crippen molar-refractivity contribution in [3.8, 4) is 11.5 Å². The van der Waals surface area contributed by atoms with Gasteiger partial charge in [-0.1, -0.05) is 6.42 Å². The van der Waals surface area contributed by atoms with Gasteiger partial charge < -0.3 is 19.5 Å². The Morgan fingerprint density at radius 1 is 1.12 bits per heavy atom. The molecule has 1 atom stereocenters. The minimum absolute atomic E-state index is 0.178. The molecule has 1 unspecified atom stereocenters. The number of piperidine rings is 1. The van der Waals surface area contributed by atoms with Crippen molar-refractivity contribution in [3.05, 3.63) is 66.2 Å². The fourth-order valence-corrected chi connectivity index (χ4v) is 3.99. The summed E-state index contributed by atoms with van der Waals surface area (Å²) in [6, 6.07) is 10.3. The van der Waals surface area contributed by atoms with E-state index in [0.29, 0.717) is 25.4 Å². The first-order chi connectivity index (χ1) is 15.7. The first kappa shape index (κ1) is 22.1. The third-order valence-electron chi connectivity index (χ3n) is 5.71. The highest BCUT2D eigenvalue weighted by Crippen LogP contribution is 2.24. The Balaban J connectivity index is 1.28. The molecule has 32 heavy (non-hydrogen) atoms. The van der Waals surface area contributed by atoms with Gasteiger partial charge in [0.2, 0.25) is 5.89 Å². The van der Waals surface area contributed by atoms with Crippen molar-refractivity contribution in [2.24, 2.45) is 4.99 Å². The summed E-state index contributed by atoms with van der Waals surface area (Å²) in [5.41, 5.74) is 1.58. The standard InChI is InChI=1S/C24H30FN5O2/c1-26-24(28-16-21(22-6-5-15-31-22)30-13-3-2-4-14-30)27-12-11-20-17-32-23(29-20)18-7-9-19(25)10-8-18/h5-10,15,17,21H,2-4,11-14,16H2,1H3,(H2,26,27,28). The molecule has 2 aromatic heterocycles. The van der Waals surface area contributed by atoms with E-state index in [9.17, 15) is 4.39 Å². The number of rotatable bonds is 8. The fourth-order valence-electron chi connectivity index (χ4n) is 3.99. The van der Waals surface area contributed by atoms with Crippen molar-refractivity contribution >= 4 is 5.96 Å². The highest BCUT2D eigenvalue weighted by atomic mass is 19.1. The number of aromatic nitrogens is 1. The Hall–Kier alpha value is -3.13. The maximum Gasteiger partial charge on any atom is 0.226 e. The second-order valence-corrected chi connectivity index (χ2v) is 7.91. The molecule has 0 aliphatic carbocycles. The van der Waals surface area contributed by atoms with Gasteiger partial charge in [-0.15, -0.1) is 0 Å². The molecule has 1 aliphatic rings. The number of nitrogens with zero attached hydrogens (tertiary/aromatic N) is 3. The summed E-state index contributed by atoms with van der Waals surface area (Å²) < 4.78 is 24.4. The predicted octanol–water partition coefficient (Wildman–Crippen LogP) is 4.01. The summed E-state index contributed by atoms with van der Waals surface area (Å²) in [5, 5.41) is 6.77. The van der Waals surface area contributed by atoms with E-state index in [1.165, 1.54) is 31.4 Å². The monoisotopic (exact) mass is 439 g/mol.